The maximum atomic E-state index is 4.93. The number of rotatable bonds is 4. The second-order valence-corrected chi connectivity index (χ2v) is 9.03. The molecule has 0 radical (unpaired) electrons. The molecule has 1 unspecified atom stereocenters. The van der Waals surface area contributed by atoms with E-state index >= 15 is 0 Å². The van der Waals surface area contributed by atoms with Gasteiger partial charge in [-0.25, -0.2) is 4.98 Å². The van der Waals surface area contributed by atoms with Crippen molar-refractivity contribution in [3.8, 4) is 0 Å². The van der Waals surface area contributed by atoms with E-state index in [0.717, 1.165) is 12.1 Å². The van der Waals surface area contributed by atoms with Gasteiger partial charge in [-0.3, -0.25) is 4.40 Å². The highest BCUT2D eigenvalue weighted by Crippen LogP contribution is 2.40. The van der Waals surface area contributed by atoms with Crippen molar-refractivity contribution in [1.29, 1.82) is 0 Å². The van der Waals surface area contributed by atoms with E-state index < -0.39 is 0 Å². The molecule has 0 N–H and O–H groups in total. The van der Waals surface area contributed by atoms with Gasteiger partial charge in [0.2, 0.25) is 0 Å². The van der Waals surface area contributed by atoms with Crippen molar-refractivity contribution < 1.29 is 0 Å². The van der Waals surface area contributed by atoms with Gasteiger partial charge in [-0.2, -0.15) is 0 Å². The number of allylic oxidation sites excluding steroid dienone is 1. The van der Waals surface area contributed by atoms with E-state index in [-0.39, 0.29) is 5.41 Å². The van der Waals surface area contributed by atoms with Crippen LogP contribution in [0.3, 0.4) is 0 Å². The number of hydrogen-bond donors (Lipinski definition) is 0. The SMILES string of the molecule is C=C(C)C(C)(CC(C)C)c1cnc2c3ccccc3c3c(C)cc(C)cc3n12. The predicted molar refractivity (Wildman–Crippen MR) is 121 cm³/mol. The first kappa shape index (κ1) is 18.7. The van der Waals surface area contributed by atoms with Crippen LogP contribution in [-0.4, -0.2) is 9.38 Å². The first-order chi connectivity index (χ1) is 13.2. The zero-order chi connectivity index (χ0) is 20.2. The Morgan fingerprint density at radius 2 is 1.82 bits per heavy atom. The van der Waals surface area contributed by atoms with Gasteiger partial charge in [0.1, 0.15) is 5.65 Å². The standard InChI is InChI=1S/C26H30N2/c1-16(2)14-26(7,17(3)4)23-15-27-25-21-11-9-8-10-20(21)24-19(6)12-18(5)13-22(24)28(23)25/h8-13,15-16H,3,14H2,1-2,4-7H3. The Kier molecular flexibility index (Phi) is 4.33. The molecule has 0 fully saturated rings. The summed E-state index contributed by atoms with van der Waals surface area (Å²) in [6, 6.07) is 13.2. The van der Waals surface area contributed by atoms with E-state index in [1.54, 1.807) is 0 Å². The molecule has 0 spiro atoms. The monoisotopic (exact) mass is 370 g/mol. The first-order valence-electron chi connectivity index (χ1n) is 10.2. The molecule has 1 atom stereocenters. The highest BCUT2D eigenvalue weighted by atomic mass is 15.0. The fourth-order valence-corrected chi connectivity index (χ4v) is 4.86. The number of fused-ring (bicyclic) bond motifs is 6. The summed E-state index contributed by atoms with van der Waals surface area (Å²) in [5.74, 6) is 0.572. The molecular formula is C26H30N2. The molecule has 0 saturated carbocycles. The zero-order valence-corrected chi connectivity index (χ0v) is 17.9. The Labute approximate surface area is 167 Å². The molecule has 2 heterocycles. The molecule has 0 saturated heterocycles. The van der Waals surface area contributed by atoms with Crippen molar-refractivity contribution in [2.45, 2.75) is 53.4 Å². The fourth-order valence-electron chi connectivity index (χ4n) is 4.86. The normalized spacial score (nSPS) is 14.2. The van der Waals surface area contributed by atoms with E-state index in [0.29, 0.717) is 5.92 Å². The van der Waals surface area contributed by atoms with Gasteiger partial charge < -0.3 is 0 Å². The summed E-state index contributed by atoms with van der Waals surface area (Å²) in [4.78, 5) is 4.93. The molecular weight excluding hydrogens is 340 g/mol. The maximum absolute atomic E-state index is 4.93. The van der Waals surface area contributed by atoms with E-state index in [4.69, 9.17) is 4.98 Å². The third-order valence-corrected chi connectivity index (χ3v) is 6.22. The van der Waals surface area contributed by atoms with Crippen LogP contribution >= 0.6 is 0 Å². The number of hydrogen-bond acceptors (Lipinski definition) is 1. The molecule has 0 bridgehead atoms. The van der Waals surface area contributed by atoms with Gasteiger partial charge in [0.05, 0.1) is 17.4 Å². The van der Waals surface area contributed by atoms with Crippen LogP contribution < -0.4 is 0 Å². The Morgan fingerprint density at radius 3 is 2.46 bits per heavy atom. The van der Waals surface area contributed by atoms with Gasteiger partial charge in [-0.15, -0.1) is 0 Å². The van der Waals surface area contributed by atoms with Crippen molar-refractivity contribution in [1.82, 2.24) is 9.38 Å². The number of benzene rings is 2. The minimum absolute atomic E-state index is 0.124. The van der Waals surface area contributed by atoms with Gasteiger partial charge in [-0.1, -0.05) is 63.3 Å². The van der Waals surface area contributed by atoms with E-state index in [9.17, 15) is 0 Å². The second kappa shape index (κ2) is 6.48. The molecule has 144 valence electrons. The summed E-state index contributed by atoms with van der Waals surface area (Å²) in [6.07, 6.45) is 3.13. The number of aryl methyl sites for hydroxylation is 2. The predicted octanol–water partition coefficient (Wildman–Crippen LogP) is 7.14. The van der Waals surface area contributed by atoms with Crippen LogP contribution in [0, 0.1) is 19.8 Å². The lowest BCUT2D eigenvalue weighted by molar-refractivity contribution is 0.411. The third kappa shape index (κ3) is 2.66. The number of nitrogens with zero attached hydrogens (tertiary/aromatic N) is 2. The minimum atomic E-state index is -0.124. The molecule has 2 aromatic heterocycles. The van der Waals surface area contributed by atoms with Crippen molar-refractivity contribution >= 4 is 27.3 Å². The quantitative estimate of drug-likeness (QED) is 0.276. The Balaban J connectivity index is 2.25. The van der Waals surface area contributed by atoms with E-state index in [2.05, 4.69) is 95.1 Å². The Bertz CT molecular complexity index is 1230. The largest absolute Gasteiger partial charge is 0.295 e. The maximum Gasteiger partial charge on any atom is 0.145 e. The summed E-state index contributed by atoms with van der Waals surface area (Å²) in [6.45, 7) is 17.8. The highest BCUT2D eigenvalue weighted by molar-refractivity contribution is 6.13. The van der Waals surface area contributed by atoms with Gasteiger partial charge in [0.25, 0.3) is 0 Å². The second-order valence-electron chi connectivity index (χ2n) is 9.03. The van der Waals surface area contributed by atoms with Gasteiger partial charge in [0, 0.05) is 16.2 Å². The van der Waals surface area contributed by atoms with E-state index in [1.165, 1.54) is 44.1 Å². The van der Waals surface area contributed by atoms with Crippen molar-refractivity contribution in [3.05, 3.63) is 71.6 Å². The lowest BCUT2D eigenvalue weighted by Gasteiger charge is -2.32. The summed E-state index contributed by atoms with van der Waals surface area (Å²) in [5, 5.41) is 3.81. The van der Waals surface area contributed by atoms with Gasteiger partial charge in [0.15, 0.2) is 0 Å². The molecule has 0 aliphatic carbocycles. The molecule has 2 aromatic carbocycles. The molecule has 2 nitrogen and oxygen atoms in total. The molecule has 2 heteroatoms. The minimum Gasteiger partial charge on any atom is -0.295 e. The van der Waals surface area contributed by atoms with Gasteiger partial charge >= 0.3 is 0 Å². The summed E-state index contributed by atoms with van der Waals surface area (Å²) < 4.78 is 2.40. The number of aromatic nitrogens is 2. The summed E-state index contributed by atoms with van der Waals surface area (Å²) >= 11 is 0. The lowest BCUT2D eigenvalue weighted by Crippen LogP contribution is -2.27. The van der Waals surface area contributed by atoms with Crippen LogP contribution in [-0.2, 0) is 5.41 Å². The smallest absolute Gasteiger partial charge is 0.145 e. The molecule has 0 aliphatic rings. The lowest BCUT2D eigenvalue weighted by atomic mass is 9.74. The number of pyridine rings is 1. The third-order valence-electron chi connectivity index (χ3n) is 6.22. The average Bonchev–Trinajstić information content (AvgIpc) is 3.06. The van der Waals surface area contributed by atoms with Crippen LogP contribution in [0.25, 0.3) is 27.3 Å². The van der Waals surface area contributed by atoms with E-state index in [1.807, 2.05) is 0 Å². The fraction of sp³-hybridized carbons (Fsp3) is 0.346. The van der Waals surface area contributed by atoms with Crippen LogP contribution in [0.2, 0.25) is 0 Å². The van der Waals surface area contributed by atoms with Crippen molar-refractivity contribution in [2.24, 2.45) is 5.92 Å². The zero-order valence-electron chi connectivity index (χ0n) is 17.9. The van der Waals surface area contributed by atoms with Crippen LogP contribution in [0.5, 0.6) is 0 Å². The van der Waals surface area contributed by atoms with Crippen LogP contribution in [0.15, 0.2) is 54.7 Å². The summed E-state index contributed by atoms with van der Waals surface area (Å²) in [7, 11) is 0. The Morgan fingerprint density at radius 1 is 1.14 bits per heavy atom. The first-order valence-corrected chi connectivity index (χ1v) is 10.2. The molecule has 4 aromatic rings. The highest BCUT2D eigenvalue weighted by Gasteiger charge is 2.33. The van der Waals surface area contributed by atoms with Crippen molar-refractivity contribution in [2.75, 3.05) is 0 Å². The summed E-state index contributed by atoms with van der Waals surface area (Å²) in [5.41, 5.74) is 7.18. The molecule has 28 heavy (non-hydrogen) atoms. The topological polar surface area (TPSA) is 17.3 Å². The number of imidazole rings is 1. The van der Waals surface area contributed by atoms with Crippen molar-refractivity contribution in [3.63, 3.8) is 0 Å². The Hall–Kier alpha value is -2.61. The average molecular weight is 371 g/mol. The van der Waals surface area contributed by atoms with Crippen LogP contribution in [0.1, 0.15) is 50.9 Å². The molecule has 0 amide bonds. The van der Waals surface area contributed by atoms with Gasteiger partial charge in [-0.05, 0) is 55.7 Å². The molecule has 4 rings (SSSR count). The molecule has 0 aliphatic heterocycles. The van der Waals surface area contributed by atoms with Crippen LogP contribution in [0.4, 0.5) is 0 Å².